The number of alkyl halides is 3. The molecule has 2 aromatic carbocycles. The number of ether oxygens (including phenoxy) is 1. The van der Waals surface area contributed by atoms with Crippen molar-refractivity contribution < 1.29 is 42.9 Å². The Labute approximate surface area is 172 Å². The Bertz CT molecular complexity index is 1080. The second kappa shape index (κ2) is 9.26. The van der Waals surface area contributed by atoms with Gasteiger partial charge in [-0.25, -0.2) is 0 Å². The van der Waals surface area contributed by atoms with Crippen LogP contribution in [0.15, 0.2) is 52.2 Å². The number of carbonyl (C=O) groups excluding carboxylic acids is 1. The van der Waals surface area contributed by atoms with Gasteiger partial charge in [0, 0.05) is 24.6 Å². The van der Waals surface area contributed by atoms with Gasteiger partial charge >= 0.3 is 6.18 Å². The highest BCUT2D eigenvalue weighted by atomic mass is 19.4. The lowest BCUT2D eigenvalue weighted by Gasteiger charge is -2.11. The van der Waals surface area contributed by atoms with Gasteiger partial charge < -0.3 is 24.9 Å². The molecule has 3 rings (SSSR count). The molecule has 12 heteroatoms. The summed E-state index contributed by atoms with van der Waals surface area (Å²) < 4.78 is 47.5. The van der Waals surface area contributed by atoms with E-state index >= 15 is 0 Å². The maximum Gasteiger partial charge on any atom is 0.389 e. The SMILES string of the molecule is O=Nc1ccc(Oc2cc(O)cc(O)c2-c2cc(C(=O)CCC(F)(F)F)no2)cc1.[OH-]. The van der Waals surface area contributed by atoms with Crippen molar-refractivity contribution in [3.8, 4) is 34.3 Å². The number of hydrogen-bond acceptors (Lipinski definition) is 9. The summed E-state index contributed by atoms with van der Waals surface area (Å²) in [6.45, 7) is 0. The maximum absolute atomic E-state index is 12.3. The van der Waals surface area contributed by atoms with E-state index in [1.54, 1.807) is 0 Å². The van der Waals surface area contributed by atoms with Crippen molar-refractivity contribution in [1.29, 1.82) is 0 Å². The minimum atomic E-state index is -4.49. The largest absolute Gasteiger partial charge is 0.870 e. The van der Waals surface area contributed by atoms with Crippen LogP contribution in [0.1, 0.15) is 23.3 Å². The Kier molecular flexibility index (Phi) is 6.97. The van der Waals surface area contributed by atoms with Crippen LogP contribution < -0.4 is 4.74 Å². The van der Waals surface area contributed by atoms with Gasteiger partial charge in [-0.05, 0) is 29.4 Å². The fraction of sp³-hybridized carbons (Fsp3) is 0.158. The van der Waals surface area contributed by atoms with E-state index in [-0.39, 0.29) is 45.4 Å². The number of nitroso groups, excluding NO2 is 1. The summed E-state index contributed by atoms with van der Waals surface area (Å²) in [6, 6.07) is 8.76. The first kappa shape index (κ1) is 23.3. The van der Waals surface area contributed by atoms with Gasteiger partial charge in [0.15, 0.2) is 11.5 Å². The lowest BCUT2D eigenvalue weighted by atomic mass is 10.1. The van der Waals surface area contributed by atoms with E-state index in [0.717, 1.165) is 18.2 Å². The van der Waals surface area contributed by atoms with Crippen LogP contribution >= 0.6 is 0 Å². The van der Waals surface area contributed by atoms with Crippen LogP contribution in [0.4, 0.5) is 18.9 Å². The van der Waals surface area contributed by atoms with Crippen LogP contribution in [0.2, 0.25) is 0 Å². The summed E-state index contributed by atoms with van der Waals surface area (Å²) in [5.74, 6) is -1.76. The highest BCUT2D eigenvalue weighted by molar-refractivity contribution is 5.95. The highest BCUT2D eigenvalue weighted by Gasteiger charge is 2.29. The summed E-state index contributed by atoms with van der Waals surface area (Å²) >= 11 is 0. The number of phenolic OH excluding ortho intramolecular Hbond substituents is 2. The average Bonchev–Trinajstić information content (AvgIpc) is 3.15. The number of rotatable bonds is 7. The molecule has 1 aromatic heterocycles. The Hall–Kier alpha value is -3.93. The molecule has 0 saturated heterocycles. The summed E-state index contributed by atoms with van der Waals surface area (Å²) in [5.41, 5.74) is -0.291. The summed E-state index contributed by atoms with van der Waals surface area (Å²) in [4.78, 5) is 22.4. The fourth-order valence-corrected chi connectivity index (χ4v) is 2.52. The van der Waals surface area contributed by atoms with Crippen LogP contribution in [0.25, 0.3) is 11.3 Å². The molecule has 0 aliphatic heterocycles. The molecule has 0 bridgehead atoms. The van der Waals surface area contributed by atoms with E-state index in [1.807, 2.05) is 0 Å². The molecule has 0 radical (unpaired) electrons. The molecule has 0 unspecified atom stereocenters. The topological polar surface area (TPSA) is 152 Å². The monoisotopic (exact) mass is 439 g/mol. The molecule has 0 aliphatic rings. The molecule has 0 spiro atoms. The van der Waals surface area contributed by atoms with Gasteiger partial charge in [0.1, 0.15) is 39.9 Å². The molecule has 3 N–H and O–H groups in total. The van der Waals surface area contributed by atoms with Gasteiger partial charge in [0.2, 0.25) is 0 Å². The van der Waals surface area contributed by atoms with E-state index in [1.165, 1.54) is 24.3 Å². The number of benzene rings is 2. The smallest absolute Gasteiger partial charge is 0.389 e. The quantitative estimate of drug-likeness (QED) is 0.372. The van der Waals surface area contributed by atoms with Gasteiger partial charge in [-0.2, -0.15) is 13.2 Å². The van der Waals surface area contributed by atoms with Crippen LogP contribution in [-0.4, -0.2) is 32.8 Å². The lowest BCUT2D eigenvalue weighted by molar-refractivity contribution is -0.133. The molecular weight excluding hydrogens is 425 g/mol. The number of nitrogens with zero attached hydrogens (tertiary/aromatic N) is 2. The third-order valence-electron chi connectivity index (χ3n) is 3.91. The van der Waals surface area contributed by atoms with Gasteiger partial charge in [-0.3, -0.25) is 4.79 Å². The Morgan fingerprint density at radius 3 is 2.42 bits per heavy atom. The third kappa shape index (κ3) is 5.79. The van der Waals surface area contributed by atoms with Crippen LogP contribution in [0.5, 0.6) is 23.0 Å². The van der Waals surface area contributed by atoms with E-state index in [2.05, 4.69) is 10.3 Å². The maximum atomic E-state index is 12.3. The molecular formula is C19H14F3N2O7-. The molecule has 0 saturated carbocycles. The van der Waals surface area contributed by atoms with Crippen LogP contribution in [0, 0.1) is 4.91 Å². The Morgan fingerprint density at radius 2 is 1.81 bits per heavy atom. The first-order valence-electron chi connectivity index (χ1n) is 8.40. The second-order valence-corrected chi connectivity index (χ2v) is 6.14. The van der Waals surface area contributed by atoms with Crippen molar-refractivity contribution in [1.82, 2.24) is 5.16 Å². The third-order valence-corrected chi connectivity index (χ3v) is 3.91. The molecule has 0 fully saturated rings. The predicted octanol–water partition coefficient (Wildman–Crippen LogP) is 5.29. The number of phenols is 2. The van der Waals surface area contributed by atoms with Gasteiger partial charge in [-0.1, -0.05) is 5.16 Å². The van der Waals surface area contributed by atoms with Gasteiger partial charge in [0.25, 0.3) is 0 Å². The van der Waals surface area contributed by atoms with Gasteiger partial charge in [-0.15, -0.1) is 4.91 Å². The first-order valence-corrected chi connectivity index (χ1v) is 8.40. The van der Waals surface area contributed by atoms with E-state index < -0.39 is 30.6 Å². The minimum absolute atomic E-state index is 0. The fourth-order valence-electron chi connectivity index (χ4n) is 2.52. The number of halogens is 3. The number of aromatic nitrogens is 1. The van der Waals surface area contributed by atoms with Crippen molar-refractivity contribution in [2.24, 2.45) is 5.18 Å². The zero-order valence-corrected chi connectivity index (χ0v) is 15.5. The normalized spacial score (nSPS) is 10.9. The van der Waals surface area contributed by atoms with E-state index in [4.69, 9.17) is 9.26 Å². The molecule has 31 heavy (non-hydrogen) atoms. The zero-order chi connectivity index (χ0) is 21.9. The molecule has 3 aromatic rings. The number of aromatic hydroxyl groups is 2. The Morgan fingerprint density at radius 1 is 1.13 bits per heavy atom. The molecule has 1 heterocycles. The van der Waals surface area contributed by atoms with Crippen molar-refractivity contribution in [3.63, 3.8) is 0 Å². The first-order chi connectivity index (χ1) is 14.2. The van der Waals surface area contributed by atoms with Crippen LogP contribution in [0.3, 0.4) is 0 Å². The highest BCUT2D eigenvalue weighted by Crippen LogP contribution is 2.43. The molecule has 164 valence electrons. The summed E-state index contributed by atoms with van der Waals surface area (Å²) in [5, 5.41) is 26.2. The Balaban J connectivity index is 0.00000341. The standard InChI is InChI=1S/C19H13F3N2O6.H2O/c20-19(21,22)6-5-14(26)13-9-17(30-24-13)18-15(27)7-11(25)8-16(18)29-12-3-1-10(23-28)2-4-12;/h1-4,7-9,25,27H,5-6H2;1H2/p-1. The van der Waals surface area contributed by atoms with E-state index in [9.17, 15) is 33.1 Å². The summed E-state index contributed by atoms with van der Waals surface area (Å²) in [7, 11) is 0. The zero-order valence-electron chi connectivity index (χ0n) is 15.5. The van der Waals surface area contributed by atoms with Crippen molar-refractivity contribution in [2.75, 3.05) is 0 Å². The number of carbonyl (C=O) groups is 1. The van der Waals surface area contributed by atoms with Crippen molar-refractivity contribution >= 4 is 11.5 Å². The number of Topliss-reactive ketones (excluding diaryl/α,β-unsaturated/α-hetero) is 1. The average molecular weight is 439 g/mol. The molecule has 0 amide bonds. The lowest BCUT2D eigenvalue weighted by Crippen LogP contribution is -2.11. The number of hydrogen-bond donors (Lipinski definition) is 2. The van der Waals surface area contributed by atoms with E-state index in [0.29, 0.717) is 0 Å². The second-order valence-electron chi connectivity index (χ2n) is 6.14. The van der Waals surface area contributed by atoms with Gasteiger partial charge in [0.05, 0.1) is 6.42 Å². The molecule has 0 aliphatic carbocycles. The van der Waals surface area contributed by atoms with Crippen molar-refractivity contribution in [3.05, 3.63) is 53.1 Å². The molecule has 9 nitrogen and oxygen atoms in total. The van der Waals surface area contributed by atoms with Crippen LogP contribution in [-0.2, 0) is 0 Å². The van der Waals surface area contributed by atoms with Crippen molar-refractivity contribution in [2.45, 2.75) is 19.0 Å². The predicted molar refractivity (Wildman–Crippen MR) is 98.8 cm³/mol. The number of ketones is 1. The molecule has 0 atom stereocenters. The minimum Gasteiger partial charge on any atom is -0.870 e. The summed E-state index contributed by atoms with van der Waals surface area (Å²) in [6.07, 6.45) is -6.61.